The number of anilines is 1. The molecule has 10 heteroatoms. The first kappa shape index (κ1) is 17.9. The summed E-state index contributed by atoms with van der Waals surface area (Å²) in [6.07, 6.45) is 1.71. The number of hydrazone groups is 1. The summed E-state index contributed by atoms with van der Waals surface area (Å²) in [6, 6.07) is 7.49. The number of hydrogen-bond acceptors (Lipinski definition) is 7. The van der Waals surface area contributed by atoms with Gasteiger partial charge < -0.3 is 10.5 Å². The van der Waals surface area contributed by atoms with Crippen LogP contribution in [0, 0.1) is 16.7 Å². The van der Waals surface area contributed by atoms with E-state index in [-0.39, 0.29) is 23.3 Å². The first-order valence-electron chi connectivity index (χ1n) is 7.22. The average molecular weight is 350 g/mol. The number of benzene rings is 1. The van der Waals surface area contributed by atoms with Crippen LogP contribution in [0.25, 0.3) is 0 Å². The molecule has 1 aromatic carbocycles. The van der Waals surface area contributed by atoms with E-state index in [1.165, 1.54) is 24.3 Å². The van der Waals surface area contributed by atoms with Crippen LogP contribution in [-0.2, 0) is 14.8 Å². The third kappa shape index (κ3) is 4.76. The van der Waals surface area contributed by atoms with Gasteiger partial charge in [0.2, 0.25) is 15.7 Å². The molecule has 1 unspecified atom stereocenters. The molecule has 0 spiro atoms. The smallest absolute Gasteiger partial charge is 0.240 e. The zero-order valence-electron chi connectivity index (χ0n) is 12.8. The summed E-state index contributed by atoms with van der Waals surface area (Å²) in [7, 11) is -3.61. The topological polar surface area (TPSA) is 153 Å². The van der Waals surface area contributed by atoms with Crippen molar-refractivity contribution < 1.29 is 13.2 Å². The van der Waals surface area contributed by atoms with Gasteiger partial charge in [0, 0.05) is 13.2 Å². The minimum Gasteiger partial charge on any atom is -0.382 e. The minimum absolute atomic E-state index is 0.0777. The maximum Gasteiger partial charge on any atom is 0.240 e. The number of sulfonamides is 1. The highest BCUT2D eigenvalue weighted by molar-refractivity contribution is 7.89. The summed E-state index contributed by atoms with van der Waals surface area (Å²) in [5, 5.41) is 19.5. The van der Waals surface area contributed by atoms with Gasteiger partial charge >= 0.3 is 0 Å². The van der Waals surface area contributed by atoms with E-state index in [0.717, 1.165) is 12.8 Å². The van der Waals surface area contributed by atoms with Crippen LogP contribution in [0.1, 0.15) is 12.8 Å². The van der Waals surface area contributed by atoms with Crippen molar-refractivity contribution in [2.24, 2.45) is 10.8 Å². The molecule has 0 saturated carbocycles. The van der Waals surface area contributed by atoms with E-state index in [9.17, 15) is 8.42 Å². The van der Waals surface area contributed by atoms with Crippen molar-refractivity contribution in [3.63, 3.8) is 0 Å². The molecular formula is C14H18N6O3S. The summed E-state index contributed by atoms with van der Waals surface area (Å²) in [4.78, 5) is 0.113. The van der Waals surface area contributed by atoms with Gasteiger partial charge in [0.1, 0.15) is 6.07 Å². The molecule has 0 aromatic heterocycles. The SMILES string of the molecule is N#C/C(=N\Nc1ccc(S(=O)(=O)NCC2CCCO2)cc1)C(=N)N. The van der Waals surface area contributed by atoms with Crippen LogP contribution in [-0.4, -0.2) is 39.2 Å². The van der Waals surface area contributed by atoms with E-state index in [4.69, 9.17) is 21.1 Å². The zero-order valence-corrected chi connectivity index (χ0v) is 13.6. The van der Waals surface area contributed by atoms with Crippen LogP contribution in [0.4, 0.5) is 5.69 Å². The quantitative estimate of drug-likeness (QED) is 0.316. The predicted octanol–water partition coefficient (Wildman–Crippen LogP) is 0.371. The van der Waals surface area contributed by atoms with Crippen molar-refractivity contribution in [1.82, 2.24) is 4.72 Å². The molecule has 128 valence electrons. The fourth-order valence-electron chi connectivity index (χ4n) is 2.07. The molecule has 1 atom stereocenters. The van der Waals surface area contributed by atoms with Gasteiger partial charge in [0.25, 0.3) is 0 Å². The Kier molecular flexibility index (Phi) is 5.86. The molecule has 0 bridgehead atoms. The highest BCUT2D eigenvalue weighted by Gasteiger charge is 2.20. The van der Waals surface area contributed by atoms with Gasteiger partial charge in [0.05, 0.1) is 16.7 Å². The predicted molar refractivity (Wildman–Crippen MR) is 89.2 cm³/mol. The van der Waals surface area contributed by atoms with Gasteiger partial charge in [0.15, 0.2) is 5.84 Å². The summed E-state index contributed by atoms with van der Waals surface area (Å²) in [5.41, 5.74) is 7.91. The normalized spacial score (nSPS) is 18.1. The molecule has 1 saturated heterocycles. The lowest BCUT2D eigenvalue weighted by atomic mass is 10.2. The zero-order chi connectivity index (χ0) is 17.6. The number of ether oxygens (including phenoxy) is 1. The number of rotatable bonds is 7. The van der Waals surface area contributed by atoms with Gasteiger partial charge in [-0.1, -0.05) is 0 Å². The average Bonchev–Trinajstić information content (AvgIpc) is 3.07. The lowest BCUT2D eigenvalue weighted by Crippen LogP contribution is -2.31. The van der Waals surface area contributed by atoms with Crippen LogP contribution in [0.5, 0.6) is 0 Å². The molecule has 5 N–H and O–H groups in total. The number of nitrogens with one attached hydrogen (secondary N) is 3. The van der Waals surface area contributed by atoms with Crippen molar-refractivity contribution in [2.45, 2.75) is 23.8 Å². The van der Waals surface area contributed by atoms with Gasteiger partial charge in [-0.05, 0) is 37.1 Å². The Morgan fingerprint density at radius 3 is 2.71 bits per heavy atom. The Morgan fingerprint density at radius 1 is 1.46 bits per heavy atom. The van der Waals surface area contributed by atoms with Gasteiger partial charge in [-0.15, -0.1) is 0 Å². The summed E-state index contributed by atoms with van der Waals surface area (Å²) >= 11 is 0. The Balaban J connectivity index is 2.00. The van der Waals surface area contributed by atoms with E-state index in [1.807, 2.05) is 0 Å². The maximum atomic E-state index is 12.2. The molecule has 1 heterocycles. The number of nitrogens with two attached hydrogens (primary N) is 1. The van der Waals surface area contributed by atoms with Crippen molar-refractivity contribution in [1.29, 1.82) is 10.7 Å². The monoisotopic (exact) mass is 350 g/mol. The summed E-state index contributed by atoms with van der Waals surface area (Å²) in [5.74, 6) is -0.456. The van der Waals surface area contributed by atoms with E-state index >= 15 is 0 Å². The second-order valence-electron chi connectivity index (χ2n) is 5.11. The molecule has 1 aromatic rings. The first-order chi connectivity index (χ1) is 11.4. The Bertz CT molecular complexity index is 761. The largest absolute Gasteiger partial charge is 0.382 e. The van der Waals surface area contributed by atoms with Crippen LogP contribution in [0.15, 0.2) is 34.3 Å². The Hall–Kier alpha value is -2.48. The molecule has 2 rings (SSSR count). The van der Waals surface area contributed by atoms with Crippen LogP contribution in [0.3, 0.4) is 0 Å². The highest BCUT2D eigenvalue weighted by Crippen LogP contribution is 2.15. The van der Waals surface area contributed by atoms with Crippen molar-refractivity contribution >= 4 is 27.3 Å². The van der Waals surface area contributed by atoms with Gasteiger partial charge in [-0.3, -0.25) is 10.8 Å². The summed E-state index contributed by atoms with van der Waals surface area (Å²) in [6.45, 7) is 0.912. The minimum atomic E-state index is -3.61. The lowest BCUT2D eigenvalue weighted by Gasteiger charge is -2.11. The lowest BCUT2D eigenvalue weighted by molar-refractivity contribution is 0.114. The van der Waals surface area contributed by atoms with E-state index < -0.39 is 15.9 Å². The fourth-order valence-corrected chi connectivity index (χ4v) is 3.13. The molecule has 1 aliphatic heterocycles. The Labute approximate surface area is 140 Å². The van der Waals surface area contributed by atoms with Gasteiger partial charge in [-0.25, -0.2) is 13.1 Å². The van der Waals surface area contributed by atoms with Crippen molar-refractivity contribution in [3.05, 3.63) is 24.3 Å². The summed E-state index contributed by atoms with van der Waals surface area (Å²) < 4.78 is 32.3. The van der Waals surface area contributed by atoms with E-state index in [0.29, 0.717) is 12.3 Å². The molecular weight excluding hydrogens is 332 g/mol. The molecule has 0 amide bonds. The van der Waals surface area contributed by atoms with Crippen LogP contribution in [0.2, 0.25) is 0 Å². The molecule has 0 radical (unpaired) electrons. The van der Waals surface area contributed by atoms with Crippen molar-refractivity contribution in [2.75, 3.05) is 18.6 Å². The Morgan fingerprint density at radius 2 is 2.17 bits per heavy atom. The second kappa shape index (κ2) is 7.87. The van der Waals surface area contributed by atoms with Crippen LogP contribution >= 0.6 is 0 Å². The van der Waals surface area contributed by atoms with Crippen LogP contribution < -0.4 is 15.9 Å². The number of nitriles is 1. The first-order valence-corrected chi connectivity index (χ1v) is 8.70. The molecule has 24 heavy (non-hydrogen) atoms. The standard InChI is InChI=1S/C14H18N6O3S/c15-8-13(14(16)17)20-19-10-3-5-12(6-4-10)24(21,22)18-9-11-2-1-7-23-11/h3-6,11,18-19H,1-2,7,9H2,(H3,16,17)/b20-13+. The molecule has 1 fully saturated rings. The third-order valence-electron chi connectivity index (χ3n) is 3.35. The van der Waals surface area contributed by atoms with Crippen molar-refractivity contribution in [3.8, 4) is 6.07 Å². The second-order valence-corrected chi connectivity index (χ2v) is 6.88. The third-order valence-corrected chi connectivity index (χ3v) is 4.79. The molecule has 0 aliphatic carbocycles. The number of nitrogens with zero attached hydrogens (tertiary/aromatic N) is 2. The number of amidine groups is 1. The maximum absolute atomic E-state index is 12.2. The van der Waals surface area contributed by atoms with E-state index in [2.05, 4.69) is 15.2 Å². The highest BCUT2D eigenvalue weighted by atomic mass is 32.2. The fraction of sp³-hybridized carbons (Fsp3) is 0.357. The number of hydrogen-bond donors (Lipinski definition) is 4. The molecule has 1 aliphatic rings. The van der Waals surface area contributed by atoms with E-state index in [1.54, 1.807) is 6.07 Å². The molecule has 9 nitrogen and oxygen atoms in total. The van der Waals surface area contributed by atoms with Gasteiger partial charge in [-0.2, -0.15) is 10.4 Å².